The molecule has 0 saturated heterocycles. The molecule has 4 nitrogen and oxygen atoms in total. The van der Waals surface area contributed by atoms with Crippen LogP contribution in [-0.4, -0.2) is 11.8 Å². The van der Waals surface area contributed by atoms with E-state index in [9.17, 15) is 22.8 Å². The molecule has 2 rings (SSSR count). The third-order valence-electron chi connectivity index (χ3n) is 3.33. The monoisotopic (exact) mass is 336 g/mol. The summed E-state index contributed by atoms with van der Waals surface area (Å²) in [6.07, 6.45) is -4.63. The Bertz CT molecular complexity index is 730. The van der Waals surface area contributed by atoms with Crippen LogP contribution in [0.4, 0.5) is 18.9 Å². The second kappa shape index (κ2) is 7.16. The van der Waals surface area contributed by atoms with Crippen LogP contribution in [0.25, 0.3) is 0 Å². The molecule has 126 valence electrons. The minimum atomic E-state index is -4.63. The van der Waals surface area contributed by atoms with E-state index in [0.717, 1.165) is 17.7 Å². The molecule has 0 bridgehead atoms. The fourth-order valence-corrected chi connectivity index (χ4v) is 2.11. The van der Waals surface area contributed by atoms with E-state index in [1.165, 1.54) is 12.1 Å². The van der Waals surface area contributed by atoms with Gasteiger partial charge in [0.25, 0.3) is 0 Å². The van der Waals surface area contributed by atoms with Gasteiger partial charge in [-0.05, 0) is 24.6 Å². The Morgan fingerprint density at radius 1 is 0.917 bits per heavy atom. The maximum atomic E-state index is 12.9. The molecule has 7 heteroatoms. The van der Waals surface area contributed by atoms with Gasteiger partial charge in [0.2, 0.25) is 0 Å². The van der Waals surface area contributed by atoms with Crippen molar-refractivity contribution in [2.24, 2.45) is 0 Å². The largest absolute Gasteiger partial charge is 0.418 e. The van der Waals surface area contributed by atoms with Gasteiger partial charge in [0.1, 0.15) is 0 Å². The summed E-state index contributed by atoms with van der Waals surface area (Å²) in [4.78, 5) is 23.8. The normalized spacial score (nSPS) is 12.3. The summed E-state index contributed by atoms with van der Waals surface area (Å²) in [6, 6.07) is 12.9. The van der Waals surface area contributed by atoms with Crippen molar-refractivity contribution in [1.29, 1.82) is 0 Å². The van der Waals surface area contributed by atoms with Crippen molar-refractivity contribution in [3.8, 4) is 0 Å². The van der Waals surface area contributed by atoms with Crippen LogP contribution in [0, 0.1) is 0 Å². The number of hydrogen-bond acceptors (Lipinski definition) is 2. The molecule has 2 aromatic rings. The lowest BCUT2D eigenvalue weighted by Gasteiger charge is -2.16. The lowest BCUT2D eigenvalue weighted by atomic mass is 10.1. The molecule has 0 unspecified atom stereocenters. The van der Waals surface area contributed by atoms with E-state index in [1.54, 1.807) is 37.3 Å². The summed E-state index contributed by atoms with van der Waals surface area (Å²) in [5.74, 6) is -2.17. The molecule has 2 aromatic carbocycles. The van der Waals surface area contributed by atoms with E-state index >= 15 is 0 Å². The van der Waals surface area contributed by atoms with Crippen LogP contribution in [0.15, 0.2) is 54.6 Å². The summed E-state index contributed by atoms with van der Waals surface area (Å²) in [5, 5.41) is 4.44. The number of amides is 2. The first-order valence-electron chi connectivity index (χ1n) is 7.12. The lowest BCUT2D eigenvalue weighted by molar-refractivity contribution is -0.138. The molecular formula is C17H15F3N2O2. The smallest absolute Gasteiger partial charge is 0.341 e. The fourth-order valence-electron chi connectivity index (χ4n) is 2.11. The van der Waals surface area contributed by atoms with E-state index in [2.05, 4.69) is 5.32 Å². The number of nitrogens with one attached hydrogen (secondary N) is 2. The van der Waals surface area contributed by atoms with E-state index in [4.69, 9.17) is 0 Å². The van der Waals surface area contributed by atoms with E-state index in [0.29, 0.717) is 0 Å². The summed E-state index contributed by atoms with van der Waals surface area (Å²) in [7, 11) is 0. The van der Waals surface area contributed by atoms with E-state index < -0.39 is 35.3 Å². The number of rotatable bonds is 3. The van der Waals surface area contributed by atoms with Gasteiger partial charge in [-0.25, -0.2) is 0 Å². The molecule has 0 aliphatic rings. The van der Waals surface area contributed by atoms with Crippen LogP contribution in [0.2, 0.25) is 0 Å². The molecule has 2 amide bonds. The molecule has 1 atom stereocenters. The van der Waals surface area contributed by atoms with Gasteiger partial charge in [-0.15, -0.1) is 0 Å². The van der Waals surface area contributed by atoms with Gasteiger partial charge in [0.15, 0.2) is 0 Å². The van der Waals surface area contributed by atoms with Crippen molar-refractivity contribution in [1.82, 2.24) is 5.32 Å². The van der Waals surface area contributed by atoms with Crippen molar-refractivity contribution in [2.75, 3.05) is 5.32 Å². The molecule has 0 aromatic heterocycles. The van der Waals surface area contributed by atoms with Crippen molar-refractivity contribution >= 4 is 17.5 Å². The number of alkyl halides is 3. The maximum absolute atomic E-state index is 12.9. The van der Waals surface area contributed by atoms with Crippen LogP contribution in [-0.2, 0) is 15.8 Å². The predicted molar refractivity (Wildman–Crippen MR) is 83.1 cm³/mol. The highest BCUT2D eigenvalue weighted by molar-refractivity contribution is 6.39. The molecular weight excluding hydrogens is 321 g/mol. The third kappa shape index (κ3) is 4.34. The average molecular weight is 336 g/mol. The summed E-state index contributed by atoms with van der Waals surface area (Å²) < 4.78 is 38.6. The number of hydrogen-bond donors (Lipinski definition) is 2. The number of carbonyl (C=O) groups excluding carboxylic acids is 2. The van der Waals surface area contributed by atoms with Gasteiger partial charge in [0.05, 0.1) is 17.3 Å². The number of anilines is 1. The molecule has 0 radical (unpaired) electrons. The Kier molecular flexibility index (Phi) is 5.23. The average Bonchev–Trinajstić information content (AvgIpc) is 2.55. The van der Waals surface area contributed by atoms with Crippen LogP contribution < -0.4 is 10.6 Å². The van der Waals surface area contributed by atoms with Gasteiger partial charge < -0.3 is 10.6 Å². The standard InChI is InChI=1S/C17H15F3N2O2/c1-11(12-7-3-2-4-8-12)21-15(23)16(24)22-14-10-6-5-9-13(14)17(18,19)20/h2-11H,1H3,(H,21,23)(H,22,24)/t11-/m0/s1. The second-order valence-electron chi connectivity index (χ2n) is 5.10. The number of para-hydroxylation sites is 1. The van der Waals surface area contributed by atoms with Crippen LogP contribution in [0.1, 0.15) is 24.1 Å². The van der Waals surface area contributed by atoms with Crippen molar-refractivity contribution < 1.29 is 22.8 Å². The molecule has 0 spiro atoms. The number of carbonyl (C=O) groups is 2. The first-order valence-corrected chi connectivity index (χ1v) is 7.12. The van der Waals surface area contributed by atoms with Crippen molar-refractivity contribution in [3.63, 3.8) is 0 Å². The molecule has 24 heavy (non-hydrogen) atoms. The van der Waals surface area contributed by atoms with Gasteiger partial charge in [-0.1, -0.05) is 42.5 Å². The van der Waals surface area contributed by atoms with Gasteiger partial charge in [-0.3, -0.25) is 9.59 Å². The van der Waals surface area contributed by atoms with Gasteiger partial charge >= 0.3 is 18.0 Å². The van der Waals surface area contributed by atoms with E-state index in [1.807, 2.05) is 5.32 Å². The SMILES string of the molecule is C[C@H](NC(=O)C(=O)Nc1ccccc1C(F)(F)F)c1ccccc1. The molecule has 0 aliphatic heterocycles. The van der Waals surface area contributed by atoms with Crippen molar-refractivity contribution in [3.05, 3.63) is 65.7 Å². The van der Waals surface area contributed by atoms with Crippen LogP contribution in [0.3, 0.4) is 0 Å². The Hall–Kier alpha value is -2.83. The topological polar surface area (TPSA) is 58.2 Å². The Morgan fingerprint density at radius 3 is 2.12 bits per heavy atom. The van der Waals surface area contributed by atoms with Gasteiger partial charge in [0, 0.05) is 0 Å². The molecule has 2 N–H and O–H groups in total. The molecule has 0 aliphatic carbocycles. The zero-order chi connectivity index (χ0) is 17.7. The second-order valence-corrected chi connectivity index (χ2v) is 5.10. The molecule has 0 heterocycles. The van der Waals surface area contributed by atoms with Crippen LogP contribution in [0.5, 0.6) is 0 Å². The summed E-state index contributed by atoms with van der Waals surface area (Å²) in [6.45, 7) is 1.67. The number of halogens is 3. The maximum Gasteiger partial charge on any atom is 0.418 e. The van der Waals surface area contributed by atoms with Crippen LogP contribution >= 0.6 is 0 Å². The Labute approximate surface area is 136 Å². The highest BCUT2D eigenvalue weighted by Crippen LogP contribution is 2.34. The first kappa shape index (κ1) is 17.5. The predicted octanol–water partition coefficient (Wildman–Crippen LogP) is 3.52. The lowest BCUT2D eigenvalue weighted by Crippen LogP contribution is -2.37. The van der Waals surface area contributed by atoms with Gasteiger partial charge in [-0.2, -0.15) is 13.2 Å². The quantitative estimate of drug-likeness (QED) is 0.843. The fraction of sp³-hybridized carbons (Fsp3) is 0.176. The highest BCUT2D eigenvalue weighted by atomic mass is 19.4. The highest BCUT2D eigenvalue weighted by Gasteiger charge is 2.34. The summed E-state index contributed by atoms with van der Waals surface area (Å²) in [5.41, 5.74) is -0.700. The first-order chi connectivity index (χ1) is 11.3. The zero-order valence-electron chi connectivity index (χ0n) is 12.7. The third-order valence-corrected chi connectivity index (χ3v) is 3.33. The molecule has 0 saturated carbocycles. The van der Waals surface area contributed by atoms with E-state index in [-0.39, 0.29) is 0 Å². The summed E-state index contributed by atoms with van der Waals surface area (Å²) >= 11 is 0. The Balaban J connectivity index is 2.07. The zero-order valence-corrected chi connectivity index (χ0v) is 12.7. The minimum Gasteiger partial charge on any atom is -0.341 e. The Morgan fingerprint density at radius 2 is 1.50 bits per heavy atom. The number of benzene rings is 2. The van der Waals surface area contributed by atoms with Crippen molar-refractivity contribution in [2.45, 2.75) is 19.1 Å². The minimum absolute atomic E-state index is 0.456. The molecule has 0 fully saturated rings.